The van der Waals surface area contributed by atoms with E-state index in [0.717, 1.165) is 16.8 Å². The molecule has 0 aliphatic carbocycles. The van der Waals surface area contributed by atoms with E-state index < -0.39 is 5.60 Å². The Balaban J connectivity index is 2.94. The van der Waals surface area contributed by atoms with Crippen molar-refractivity contribution < 1.29 is 9.53 Å². The fourth-order valence-electron chi connectivity index (χ4n) is 1.71. The number of anilines is 2. The van der Waals surface area contributed by atoms with E-state index >= 15 is 0 Å². The third-order valence-electron chi connectivity index (χ3n) is 2.72. The number of hydrogen-bond donors (Lipinski definition) is 2. The molecule has 0 amide bonds. The van der Waals surface area contributed by atoms with Gasteiger partial charge in [-0.25, -0.2) is 10.6 Å². The summed E-state index contributed by atoms with van der Waals surface area (Å²) in [5.74, 6) is 5.31. The summed E-state index contributed by atoms with van der Waals surface area (Å²) >= 11 is 0. The molecule has 5 nitrogen and oxygen atoms in total. The molecule has 0 aromatic heterocycles. The van der Waals surface area contributed by atoms with Crippen molar-refractivity contribution in [1.29, 1.82) is 0 Å². The Kier molecular flexibility index (Phi) is 4.78. The van der Waals surface area contributed by atoms with Crippen molar-refractivity contribution in [3.05, 3.63) is 29.3 Å². The van der Waals surface area contributed by atoms with Crippen LogP contribution >= 0.6 is 0 Å². The van der Waals surface area contributed by atoms with Crippen LogP contribution in [0.25, 0.3) is 6.08 Å². The summed E-state index contributed by atoms with van der Waals surface area (Å²) in [5.41, 5.74) is 8.60. The lowest BCUT2D eigenvalue weighted by molar-refractivity contribution is -0.148. The van der Waals surface area contributed by atoms with Crippen LogP contribution in [0.5, 0.6) is 0 Å². The van der Waals surface area contributed by atoms with Crippen molar-refractivity contribution in [3.63, 3.8) is 0 Å². The minimum atomic E-state index is -0.498. The lowest BCUT2D eigenvalue weighted by atomic mass is 10.0. The number of hydrogen-bond acceptors (Lipinski definition) is 5. The maximum atomic E-state index is 11.6. The molecule has 4 N–H and O–H groups in total. The fourth-order valence-corrected chi connectivity index (χ4v) is 1.71. The largest absolute Gasteiger partial charge is 0.457 e. The molecule has 0 saturated carbocycles. The highest BCUT2D eigenvalue weighted by Crippen LogP contribution is 2.27. The van der Waals surface area contributed by atoms with E-state index in [2.05, 4.69) is 0 Å². The minimum Gasteiger partial charge on any atom is -0.457 e. The van der Waals surface area contributed by atoms with E-state index in [-0.39, 0.29) is 5.97 Å². The Labute approximate surface area is 120 Å². The number of carbonyl (C=O) groups is 1. The average molecular weight is 277 g/mol. The van der Waals surface area contributed by atoms with Crippen molar-refractivity contribution in [2.75, 3.05) is 17.8 Å². The van der Waals surface area contributed by atoms with Gasteiger partial charge in [-0.05, 0) is 51.0 Å². The van der Waals surface area contributed by atoms with Crippen LogP contribution in [-0.2, 0) is 9.53 Å². The first-order chi connectivity index (χ1) is 9.11. The average Bonchev–Trinajstić information content (AvgIpc) is 2.28. The molecule has 0 radical (unpaired) electrons. The number of benzene rings is 1. The standard InChI is InChI=1S/C15H23N3O2/c1-10-11(6-8-12(14(10)16)18(5)17)7-9-13(19)20-15(2,3)4/h6-9H,16-17H2,1-5H3/b9-7+. The van der Waals surface area contributed by atoms with Gasteiger partial charge in [0.2, 0.25) is 0 Å². The first-order valence-electron chi connectivity index (χ1n) is 6.40. The van der Waals surface area contributed by atoms with Gasteiger partial charge in [0.15, 0.2) is 0 Å². The highest BCUT2D eigenvalue weighted by atomic mass is 16.6. The normalized spacial score (nSPS) is 11.7. The minimum absolute atomic E-state index is 0.379. The molecule has 1 aromatic carbocycles. The van der Waals surface area contributed by atoms with Crippen LogP contribution in [0.3, 0.4) is 0 Å². The number of nitrogen functional groups attached to an aromatic ring is 1. The number of hydrazine groups is 1. The maximum absolute atomic E-state index is 11.6. The number of carbonyl (C=O) groups excluding carboxylic acids is 1. The van der Waals surface area contributed by atoms with E-state index in [1.54, 1.807) is 13.1 Å². The van der Waals surface area contributed by atoms with E-state index in [4.69, 9.17) is 16.3 Å². The van der Waals surface area contributed by atoms with Gasteiger partial charge in [-0.15, -0.1) is 0 Å². The predicted octanol–water partition coefficient (Wildman–Crippen LogP) is 2.24. The lowest BCUT2D eigenvalue weighted by Gasteiger charge is -2.18. The SMILES string of the molecule is Cc1c(/C=C/C(=O)OC(C)(C)C)ccc(N(C)N)c1N. The first kappa shape index (κ1) is 16.0. The molecule has 110 valence electrons. The van der Waals surface area contributed by atoms with Crippen molar-refractivity contribution >= 4 is 23.4 Å². The third-order valence-corrected chi connectivity index (χ3v) is 2.72. The monoisotopic (exact) mass is 277 g/mol. The van der Waals surface area contributed by atoms with Crippen molar-refractivity contribution in [2.45, 2.75) is 33.3 Å². The molecule has 5 heteroatoms. The van der Waals surface area contributed by atoms with Gasteiger partial charge in [-0.1, -0.05) is 6.07 Å². The van der Waals surface area contributed by atoms with Gasteiger partial charge in [0.05, 0.1) is 11.4 Å². The number of nitrogens with zero attached hydrogens (tertiary/aromatic N) is 1. The van der Waals surface area contributed by atoms with Gasteiger partial charge in [0, 0.05) is 13.1 Å². The fraction of sp³-hybridized carbons (Fsp3) is 0.400. The van der Waals surface area contributed by atoms with Crippen LogP contribution in [0.4, 0.5) is 11.4 Å². The summed E-state index contributed by atoms with van der Waals surface area (Å²) in [7, 11) is 1.72. The predicted molar refractivity (Wildman–Crippen MR) is 83.1 cm³/mol. The molecular weight excluding hydrogens is 254 g/mol. The van der Waals surface area contributed by atoms with Crippen LogP contribution in [0.2, 0.25) is 0 Å². The zero-order valence-electron chi connectivity index (χ0n) is 12.7. The summed E-state index contributed by atoms with van der Waals surface area (Å²) in [6.45, 7) is 7.37. The Morgan fingerprint density at radius 1 is 1.35 bits per heavy atom. The molecule has 1 aromatic rings. The van der Waals surface area contributed by atoms with E-state index in [1.165, 1.54) is 11.1 Å². The third kappa shape index (κ3) is 4.28. The molecule has 0 atom stereocenters. The quantitative estimate of drug-likeness (QED) is 0.291. The highest BCUT2D eigenvalue weighted by Gasteiger charge is 2.14. The van der Waals surface area contributed by atoms with Crippen LogP contribution < -0.4 is 16.6 Å². The molecule has 0 heterocycles. The molecule has 0 aliphatic rings. The van der Waals surface area contributed by atoms with Gasteiger partial charge in [-0.3, -0.25) is 0 Å². The summed E-state index contributed by atoms with van der Waals surface area (Å²) in [6.07, 6.45) is 3.10. The second kappa shape index (κ2) is 5.96. The molecule has 0 aliphatic heterocycles. The Hall–Kier alpha value is -2.01. The molecule has 0 bridgehead atoms. The smallest absolute Gasteiger partial charge is 0.331 e. The van der Waals surface area contributed by atoms with Crippen LogP contribution in [0, 0.1) is 6.92 Å². The van der Waals surface area contributed by atoms with E-state index in [0.29, 0.717) is 5.69 Å². The van der Waals surface area contributed by atoms with Crippen molar-refractivity contribution in [1.82, 2.24) is 0 Å². The molecule has 0 fully saturated rings. The number of nitrogens with two attached hydrogens (primary N) is 2. The Morgan fingerprint density at radius 3 is 2.45 bits per heavy atom. The summed E-state index contributed by atoms with van der Waals surface area (Å²) in [6, 6.07) is 3.68. The molecule has 0 saturated heterocycles. The van der Waals surface area contributed by atoms with Crippen LogP contribution in [-0.4, -0.2) is 18.6 Å². The zero-order chi connectivity index (χ0) is 15.5. The van der Waals surface area contributed by atoms with E-state index in [9.17, 15) is 4.79 Å². The Bertz CT molecular complexity index is 529. The van der Waals surface area contributed by atoms with Gasteiger partial charge in [0.1, 0.15) is 5.60 Å². The van der Waals surface area contributed by atoms with Gasteiger partial charge >= 0.3 is 5.97 Å². The maximum Gasteiger partial charge on any atom is 0.331 e. The summed E-state index contributed by atoms with van der Waals surface area (Å²) < 4.78 is 5.21. The molecule has 0 unspecified atom stereocenters. The number of ether oxygens (including phenoxy) is 1. The van der Waals surface area contributed by atoms with Gasteiger partial charge in [-0.2, -0.15) is 0 Å². The topological polar surface area (TPSA) is 81.6 Å². The highest BCUT2D eigenvalue weighted by molar-refractivity contribution is 5.88. The molecular formula is C15H23N3O2. The second-order valence-electron chi connectivity index (χ2n) is 5.69. The first-order valence-corrected chi connectivity index (χ1v) is 6.40. The summed E-state index contributed by atoms with van der Waals surface area (Å²) in [5, 5.41) is 1.46. The van der Waals surface area contributed by atoms with Gasteiger partial charge < -0.3 is 15.5 Å². The second-order valence-corrected chi connectivity index (χ2v) is 5.69. The van der Waals surface area contributed by atoms with Crippen LogP contribution in [0.1, 0.15) is 31.9 Å². The Morgan fingerprint density at radius 2 is 1.95 bits per heavy atom. The molecule has 0 spiro atoms. The number of esters is 1. The molecule has 1 rings (SSSR count). The van der Waals surface area contributed by atoms with E-state index in [1.807, 2.05) is 39.8 Å². The molecule has 20 heavy (non-hydrogen) atoms. The zero-order valence-corrected chi connectivity index (χ0v) is 12.7. The van der Waals surface area contributed by atoms with Crippen LogP contribution in [0.15, 0.2) is 18.2 Å². The van der Waals surface area contributed by atoms with Crippen molar-refractivity contribution in [2.24, 2.45) is 5.84 Å². The summed E-state index contributed by atoms with van der Waals surface area (Å²) in [4.78, 5) is 11.6. The van der Waals surface area contributed by atoms with Crippen molar-refractivity contribution in [3.8, 4) is 0 Å². The van der Waals surface area contributed by atoms with Gasteiger partial charge in [0.25, 0.3) is 0 Å². The lowest BCUT2D eigenvalue weighted by Crippen LogP contribution is -2.26. The number of rotatable bonds is 3.